The number of alkyl halides is 3. The van der Waals surface area contributed by atoms with Crippen LogP contribution < -0.4 is 15.0 Å². The largest absolute Gasteiger partial charge is 0.493 e. The first-order valence-electron chi connectivity index (χ1n) is 7.52. The van der Waals surface area contributed by atoms with Gasteiger partial charge in [0.1, 0.15) is 5.69 Å². The summed E-state index contributed by atoms with van der Waals surface area (Å²) in [6, 6.07) is 3.88. The fraction of sp³-hybridized carbons (Fsp3) is 0.176. The number of benzene rings is 1. The molecule has 142 valence electrons. The quantitative estimate of drug-likeness (QED) is 0.694. The van der Waals surface area contributed by atoms with E-state index in [4.69, 9.17) is 21.1 Å². The van der Waals surface area contributed by atoms with Crippen molar-refractivity contribution in [3.63, 3.8) is 0 Å². The molecule has 0 amide bonds. The minimum absolute atomic E-state index is 0.0103. The zero-order chi connectivity index (χ0) is 19.8. The van der Waals surface area contributed by atoms with Crippen molar-refractivity contribution in [3.8, 4) is 11.5 Å². The van der Waals surface area contributed by atoms with Gasteiger partial charge in [-0.1, -0.05) is 11.6 Å². The lowest BCUT2D eigenvalue weighted by molar-refractivity contribution is -0.140. The van der Waals surface area contributed by atoms with Crippen LogP contribution in [0.4, 0.5) is 13.2 Å². The van der Waals surface area contributed by atoms with Gasteiger partial charge in [-0.3, -0.25) is 4.79 Å². The number of hydrogen-bond donors (Lipinski definition) is 2. The molecule has 0 saturated heterocycles. The molecule has 0 unspecified atom stereocenters. The first-order valence-corrected chi connectivity index (χ1v) is 7.90. The Morgan fingerprint density at radius 2 is 1.85 bits per heavy atom. The summed E-state index contributed by atoms with van der Waals surface area (Å²) >= 11 is 6.15. The third-order valence-corrected chi connectivity index (χ3v) is 4.03. The van der Waals surface area contributed by atoms with Crippen molar-refractivity contribution in [1.29, 1.82) is 0 Å². The number of aromatic nitrogens is 3. The van der Waals surface area contributed by atoms with Crippen molar-refractivity contribution < 1.29 is 22.6 Å². The molecule has 0 atom stereocenters. The lowest BCUT2D eigenvalue weighted by Crippen LogP contribution is -2.11. The van der Waals surface area contributed by atoms with E-state index in [9.17, 15) is 18.0 Å². The minimum atomic E-state index is -4.50. The number of nitrogens with zero attached hydrogens (tertiary/aromatic N) is 1. The predicted molar refractivity (Wildman–Crippen MR) is 95.0 cm³/mol. The van der Waals surface area contributed by atoms with Gasteiger partial charge in [-0.25, -0.2) is 4.98 Å². The van der Waals surface area contributed by atoms with Gasteiger partial charge < -0.3 is 19.4 Å². The van der Waals surface area contributed by atoms with E-state index in [1.165, 1.54) is 32.4 Å². The molecule has 3 aromatic rings. The van der Waals surface area contributed by atoms with Gasteiger partial charge in [-0.05, 0) is 23.8 Å². The fourth-order valence-electron chi connectivity index (χ4n) is 2.45. The number of methoxy groups -OCH3 is 2. The second kappa shape index (κ2) is 6.99. The van der Waals surface area contributed by atoms with E-state index in [0.29, 0.717) is 17.0 Å². The van der Waals surface area contributed by atoms with Crippen LogP contribution in [-0.4, -0.2) is 29.2 Å². The maximum atomic E-state index is 12.7. The van der Waals surface area contributed by atoms with Gasteiger partial charge in [0.25, 0.3) is 5.56 Å². The van der Waals surface area contributed by atoms with Crippen molar-refractivity contribution in [2.75, 3.05) is 14.2 Å². The smallest absolute Gasteiger partial charge is 0.431 e. The first-order chi connectivity index (χ1) is 12.7. The summed E-state index contributed by atoms with van der Waals surface area (Å²) in [6.45, 7) is 0. The molecule has 0 aliphatic rings. The van der Waals surface area contributed by atoms with Crippen LogP contribution in [0.25, 0.3) is 22.0 Å². The average Bonchev–Trinajstić information content (AvgIpc) is 3.09. The molecule has 2 aromatic heterocycles. The van der Waals surface area contributed by atoms with Crippen LogP contribution in [0.5, 0.6) is 11.5 Å². The number of rotatable bonds is 4. The van der Waals surface area contributed by atoms with E-state index in [-0.39, 0.29) is 21.8 Å². The van der Waals surface area contributed by atoms with Crippen molar-refractivity contribution in [2.45, 2.75) is 6.18 Å². The molecule has 0 aliphatic heterocycles. The Bertz CT molecular complexity index is 1090. The van der Waals surface area contributed by atoms with Crippen molar-refractivity contribution in [2.24, 2.45) is 0 Å². The van der Waals surface area contributed by atoms with E-state index in [0.717, 1.165) is 12.3 Å². The van der Waals surface area contributed by atoms with Gasteiger partial charge in [0.2, 0.25) is 0 Å². The maximum Gasteiger partial charge on any atom is 0.431 e. The van der Waals surface area contributed by atoms with E-state index < -0.39 is 17.4 Å². The molecule has 27 heavy (non-hydrogen) atoms. The van der Waals surface area contributed by atoms with Gasteiger partial charge in [-0.15, -0.1) is 0 Å². The lowest BCUT2D eigenvalue weighted by atomic mass is 10.2. The summed E-state index contributed by atoms with van der Waals surface area (Å²) in [5.41, 5.74) is -0.909. The third kappa shape index (κ3) is 3.77. The minimum Gasteiger partial charge on any atom is -0.493 e. The molecule has 0 radical (unpaired) electrons. The highest BCUT2D eigenvalue weighted by atomic mass is 35.5. The number of halogens is 4. The summed E-state index contributed by atoms with van der Waals surface area (Å²) in [5.74, 6) is 0.740. The van der Waals surface area contributed by atoms with Gasteiger partial charge in [0, 0.05) is 12.3 Å². The molecule has 0 saturated carbocycles. The molecule has 10 heteroatoms. The highest BCUT2D eigenvalue weighted by Gasteiger charge is 2.32. The van der Waals surface area contributed by atoms with Gasteiger partial charge in [0.15, 0.2) is 17.3 Å². The Hall–Kier alpha value is -2.94. The van der Waals surface area contributed by atoms with E-state index in [1.54, 1.807) is 0 Å². The Labute approximate surface area is 155 Å². The predicted octanol–water partition coefficient (Wildman–Crippen LogP) is 4.02. The van der Waals surface area contributed by atoms with Crippen LogP contribution in [0.15, 0.2) is 29.2 Å². The molecule has 0 fully saturated rings. The Balaban J connectivity index is 2.05. The maximum absolute atomic E-state index is 12.7. The van der Waals surface area contributed by atoms with Crippen molar-refractivity contribution in [3.05, 3.63) is 51.8 Å². The SMILES string of the molecule is COc1cc2nc(C(Cl)=Cc3c[nH]c(C(F)(F)F)c3)[nH]c(=O)c2cc1OC. The van der Waals surface area contributed by atoms with Crippen LogP contribution in [0.2, 0.25) is 0 Å². The summed E-state index contributed by atoms with van der Waals surface area (Å²) in [5, 5.41) is 0.221. The first kappa shape index (κ1) is 18.8. The van der Waals surface area contributed by atoms with E-state index >= 15 is 0 Å². The Morgan fingerprint density at radius 1 is 1.19 bits per heavy atom. The summed E-state index contributed by atoms with van der Waals surface area (Å²) in [6.07, 6.45) is -2.08. The molecule has 0 bridgehead atoms. The number of aromatic amines is 2. The molecule has 0 aliphatic carbocycles. The van der Waals surface area contributed by atoms with Gasteiger partial charge in [-0.2, -0.15) is 13.2 Å². The highest BCUT2D eigenvalue weighted by molar-refractivity contribution is 6.50. The zero-order valence-corrected chi connectivity index (χ0v) is 14.8. The van der Waals surface area contributed by atoms with E-state index in [1.807, 2.05) is 0 Å². The summed E-state index contributed by atoms with van der Waals surface area (Å²) in [7, 11) is 2.88. The second-order valence-corrected chi connectivity index (χ2v) is 5.88. The normalized spacial score (nSPS) is 12.4. The fourth-order valence-corrected chi connectivity index (χ4v) is 2.67. The van der Waals surface area contributed by atoms with Crippen LogP contribution in [-0.2, 0) is 6.18 Å². The highest BCUT2D eigenvalue weighted by Crippen LogP contribution is 2.32. The third-order valence-electron chi connectivity index (χ3n) is 3.74. The molecular weight excluding hydrogens is 387 g/mol. The number of hydrogen-bond acceptors (Lipinski definition) is 4. The topological polar surface area (TPSA) is 80.0 Å². The van der Waals surface area contributed by atoms with Crippen LogP contribution in [0.3, 0.4) is 0 Å². The molecule has 2 N–H and O–H groups in total. The number of ether oxygens (including phenoxy) is 2. The van der Waals surface area contributed by atoms with Crippen molar-refractivity contribution >= 4 is 33.6 Å². The van der Waals surface area contributed by atoms with Crippen LogP contribution in [0.1, 0.15) is 17.1 Å². The number of fused-ring (bicyclic) bond motifs is 1. The average molecular weight is 400 g/mol. The molecule has 3 rings (SSSR count). The van der Waals surface area contributed by atoms with E-state index in [2.05, 4.69) is 15.0 Å². The van der Waals surface area contributed by atoms with Crippen LogP contribution in [0, 0.1) is 0 Å². The van der Waals surface area contributed by atoms with Gasteiger partial charge >= 0.3 is 6.18 Å². The summed E-state index contributed by atoms with van der Waals surface area (Å²) < 4.78 is 48.3. The zero-order valence-electron chi connectivity index (χ0n) is 14.1. The van der Waals surface area contributed by atoms with Gasteiger partial charge in [0.05, 0.1) is 30.2 Å². The molecule has 6 nitrogen and oxygen atoms in total. The molecule has 0 spiro atoms. The monoisotopic (exact) mass is 399 g/mol. The van der Waals surface area contributed by atoms with Crippen molar-refractivity contribution in [1.82, 2.24) is 15.0 Å². The summed E-state index contributed by atoms with van der Waals surface area (Å²) in [4.78, 5) is 21.2. The number of nitrogens with one attached hydrogen (secondary N) is 2. The Kier molecular flexibility index (Phi) is 4.88. The standard InChI is InChI=1S/C17H13ClF3N3O3/c1-26-12-5-9-11(6-13(12)27-2)23-15(24-16(9)25)10(18)3-8-4-14(22-7-8)17(19,20)21/h3-7,22H,1-2H3,(H,23,24,25). The number of H-pyrrole nitrogens is 2. The molecular formula is C17H13ClF3N3O3. The van der Waals surface area contributed by atoms with Crippen LogP contribution >= 0.6 is 11.6 Å². The molecule has 2 heterocycles. The lowest BCUT2D eigenvalue weighted by Gasteiger charge is -2.09. The Morgan fingerprint density at radius 3 is 2.44 bits per heavy atom. The molecule has 1 aromatic carbocycles. The second-order valence-electron chi connectivity index (χ2n) is 5.48.